The predicted octanol–water partition coefficient (Wildman–Crippen LogP) is 4.70. The van der Waals surface area contributed by atoms with Crippen molar-refractivity contribution < 1.29 is 0 Å². The first-order valence-corrected chi connectivity index (χ1v) is 5.69. The molecule has 16 heavy (non-hydrogen) atoms. The molecule has 0 radical (unpaired) electrons. The lowest BCUT2D eigenvalue weighted by atomic mass is 10.1. The average molecular weight is 252 g/mol. The molecule has 3 heteroatoms. The van der Waals surface area contributed by atoms with Crippen LogP contribution in [-0.4, -0.2) is 7.05 Å². The monoisotopic (exact) mass is 251 g/mol. The molecule has 2 aromatic rings. The molecule has 2 aromatic carbocycles. The molecule has 0 spiro atoms. The fourth-order valence-electron chi connectivity index (χ4n) is 1.57. The lowest BCUT2D eigenvalue weighted by Crippen LogP contribution is -1.87. The first-order chi connectivity index (χ1) is 7.69. The Morgan fingerprint density at radius 2 is 1.56 bits per heavy atom. The second-order valence-electron chi connectivity index (χ2n) is 3.49. The van der Waals surface area contributed by atoms with Crippen LogP contribution in [0.3, 0.4) is 0 Å². The van der Waals surface area contributed by atoms with Gasteiger partial charge >= 0.3 is 0 Å². The minimum atomic E-state index is 0.650. The molecule has 0 aromatic heterocycles. The third-order valence-corrected chi connectivity index (χ3v) is 2.78. The van der Waals surface area contributed by atoms with Gasteiger partial charge in [0.25, 0.3) is 0 Å². The van der Waals surface area contributed by atoms with E-state index in [9.17, 15) is 0 Å². The van der Waals surface area contributed by atoms with E-state index < -0.39 is 0 Å². The van der Waals surface area contributed by atoms with Gasteiger partial charge in [-0.1, -0.05) is 35.3 Å². The molecule has 0 aliphatic rings. The van der Waals surface area contributed by atoms with E-state index in [4.69, 9.17) is 23.2 Å². The molecular weight excluding hydrogens is 241 g/mol. The summed E-state index contributed by atoms with van der Waals surface area (Å²) >= 11 is 11.9. The lowest BCUT2D eigenvalue weighted by Gasteiger charge is -2.06. The molecule has 0 saturated heterocycles. The quantitative estimate of drug-likeness (QED) is 0.816. The first kappa shape index (κ1) is 11.3. The largest absolute Gasteiger partial charge is 0.388 e. The Hall–Kier alpha value is -1.18. The highest BCUT2D eigenvalue weighted by Gasteiger charge is 2.01. The summed E-state index contributed by atoms with van der Waals surface area (Å²) in [5.41, 5.74) is 3.18. The Kier molecular flexibility index (Phi) is 3.37. The summed E-state index contributed by atoms with van der Waals surface area (Å²) in [6, 6.07) is 13.6. The Balaban J connectivity index is 2.49. The van der Waals surface area contributed by atoms with Crippen molar-refractivity contribution in [3.8, 4) is 11.1 Å². The van der Waals surface area contributed by atoms with E-state index in [2.05, 4.69) is 11.4 Å². The van der Waals surface area contributed by atoms with Crippen LogP contribution in [0.2, 0.25) is 10.0 Å². The second-order valence-corrected chi connectivity index (χ2v) is 4.36. The summed E-state index contributed by atoms with van der Waals surface area (Å²) in [5.74, 6) is 0. The van der Waals surface area contributed by atoms with Gasteiger partial charge in [0.05, 0.1) is 0 Å². The summed E-state index contributed by atoms with van der Waals surface area (Å²) < 4.78 is 0. The van der Waals surface area contributed by atoms with E-state index in [0.717, 1.165) is 16.8 Å². The van der Waals surface area contributed by atoms with Crippen LogP contribution in [0.1, 0.15) is 0 Å². The third-order valence-electron chi connectivity index (χ3n) is 2.35. The molecule has 0 amide bonds. The summed E-state index contributed by atoms with van der Waals surface area (Å²) in [6.07, 6.45) is 0. The number of hydrogen-bond acceptors (Lipinski definition) is 1. The fraction of sp³-hybridized carbons (Fsp3) is 0.0769. The van der Waals surface area contributed by atoms with Gasteiger partial charge in [-0.05, 0) is 41.5 Å². The van der Waals surface area contributed by atoms with E-state index >= 15 is 0 Å². The van der Waals surface area contributed by atoms with Gasteiger partial charge in [-0.15, -0.1) is 0 Å². The van der Waals surface area contributed by atoms with Crippen molar-refractivity contribution in [1.29, 1.82) is 0 Å². The van der Waals surface area contributed by atoms with Gasteiger partial charge in [0, 0.05) is 22.8 Å². The van der Waals surface area contributed by atoms with Crippen LogP contribution >= 0.6 is 23.2 Å². The van der Waals surface area contributed by atoms with Crippen LogP contribution in [0, 0.1) is 0 Å². The minimum absolute atomic E-state index is 0.650. The van der Waals surface area contributed by atoms with E-state index in [1.54, 1.807) is 6.07 Å². The zero-order chi connectivity index (χ0) is 11.5. The van der Waals surface area contributed by atoms with Crippen molar-refractivity contribution in [2.45, 2.75) is 0 Å². The van der Waals surface area contributed by atoms with Crippen LogP contribution in [0.25, 0.3) is 11.1 Å². The summed E-state index contributed by atoms with van der Waals surface area (Å²) in [5, 5.41) is 4.40. The van der Waals surface area contributed by atoms with E-state index in [-0.39, 0.29) is 0 Å². The molecule has 0 saturated carbocycles. The highest BCUT2D eigenvalue weighted by molar-refractivity contribution is 6.35. The molecule has 0 heterocycles. The maximum atomic E-state index is 5.97. The number of halogens is 2. The predicted molar refractivity (Wildman–Crippen MR) is 71.4 cm³/mol. The van der Waals surface area contributed by atoms with Crippen molar-refractivity contribution in [3.63, 3.8) is 0 Å². The summed E-state index contributed by atoms with van der Waals surface area (Å²) in [6.45, 7) is 0. The SMILES string of the molecule is CNc1cccc(-c2cc(Cl)cc(Cl)c2)c1. The molecule has 0 fully saturated rings. The zero-order valence-corrected chi connectivity index (χ0v) is 10.3. The first-order valence-electron chi connectivity index (χ1n) is 4.93. The molecule has 82 valence electrons. The number of benzene rings is 2. The molecule has 0 aliphatic heterocycles. The van der Waals surface area contributed by atoms with Gasteiger partial charge in [-0.25, -0.2) is 0 Å². The van der Waals surface area contributed by atoms with Crippen molar-refractivity contribution in [3.05, 3.63) is 52.5 Å². The average Bonchev–Trinajstić information content (AvgIpc) is 2.28. The molecule has 0 bridgehead atoms. The van der Waals surface area contributed by atoms with Crippen molar-refractivity contribution in [2.75, 3.05) is 12.4 Å². The maximum Gasteiger partial charge on any atom is 0.0426 e. The molecule has 0 unspecified atom stereocenters. The number of nitrogens with one attached hydrogen (secondary N) is 1. The molecule has 1 nitrogen and oxygen atoms in total. The van der Waals surface area contributed by atoms with Crippen LogP contribution in [0.5, 0.6) is 0 Å². The van der Waals surface area contributed by atoms with Crippen LogP contribution in [0.4, 0.5) is 5.69 Å². The number of hydrogen-bond donors (Lipinski definition) is 1. The van der Waals surface area contributed by atoms with Gasteiger partial charge in [0.15, 0.2) is 0 Å². The Bertz CT molecular complexity index is 489. The van der Waals surface area contributed by atoms with Gasteiger partial charge in [0.1, 0.15) is 0 Å². The summed E-state index contributed by atoms with van der Waals surface area (Å²) in [4.78, 5) is 0. The third kappa shape index (κ3) is 2.49. The van der Waals surface area contributed by atoms with Gasteiger partial charge in [0.2, 0.25) is 0 Å². The number of rotatable bonds is 2. The topological polar surface area (TPSA) is 12.0 Å². The van der Waals surface area contributed by atoms with Crippen molar-refractivity contribution in [1.82, 2.24) is 0 Å². The Morgan fingerprint density at radius 1 is 0.875 bits per heavy atom. The maximum absolute atomic E-state index is 5.97. The normalized spacial score (nSPS) is 10.2. The highest BCUT2D eigenvalue weighted by atomic mass is 35.5. The molecular formula is C13H11Cl2N. The van der Waals surface area contributed by atoms with E-state index in [1.165, 1.54) is 0 Å². The number of anilines is 1. The molecule has 2 rings (SSSR count). The van der Waals surface area contributed by atoms with Crippen molar-refractivity contribution in [2.24, 2.45) is 0 Å². The van der Waals surface area contributed by atoms with Gasteiger partial charge in [-0.3, -0.25) is 0 Å². The highest BCUT2D eigenvalue weighted by Crippen LogP contribution is 2.28. The lowest BCUT2D eigenvalue weighted by molar-refractivity contribution is 1.51. The van der Waals surface area contributed by atoms with Crippen molar-refractivity contribution >= 4 is 28.9 Å². The Morgan fingerprint density at radius 3 is 2.19 bits per heavy atom. The van der Waals surface area contributed by atoms with Crippen LogP contribution in [0.15, 0.2) is 42.5 Å². The van der Waals surface area contributed by atoms with Crippen LogP contribution < -0.4 is 5.32 Å². The minimum Gasteiger partial charge on any atom is -0.388 e. The molecule has 0 atom stereocenters. The van der Waals surface area contributed by atoms with E-state index in [0.29, 0.717) is 10.0 Å². The smallest absolute Gasteiger partial charge is 0.0426 e. The van der Waals surface area contributed by atoms with E-state index in [1.807, 2.05) is 37.4 Å². The van der Waals surface area contributed by atoms with Gasteiger partial charge < -0.3 is 5.32 Å². The standard InChI is InChI=1S/C13H11Cl2N/c1-16-13-4-2-3-9(7-13)10-5-11(14)8-12(15)6-10/h2-8,16H,1H3. The second kappa shape index (κ2) is 4.77. The zero-order valence-electron chi connectivity index (χ0n) is 8.80. The fourth-order valence-corrected chi connectivity index (χ4v) is 2.10. The summed E-state index contributed by atoms with van der Waals surface area (Å²) in [7, 11) is 1.89. The molecule has 0 aliphatic carbocycles. The Labute approximate surface area is 105 Å². The van der Waals surface area contributed by atoms with Gasteiger partial charge in [-0.2, -0.15) is 0 Å². The van der Waals surface area contributed by atoms with Crippen LogP contribution in [-0.2, 0) is 0 Å². The molecule has 1 N–H and O–H groups in total.